The van der Waals surface area contributed by atoms with Crippen LogP contribution in [-0.2, 0) is 10.0 Å². The first-order valence-electron chi connectivity index (χ1n) is 6.59. The minimum absolute atomic E-state index is 0.0493. The lowest BCUT2D eigenvalue weighted by atomic mass is 10.3. The van der Waals surface area contributed by atoms with Crippen LogP contribution < -0.4 is 15.2 Å². The molecule has 0 bridgehead atoms. The summed E-state index contributed by atoms with van der Waals surface area (Å²) < 4.78 is 39.8. The summed E-state index contributed by atoms with van der Waals surface area (Å²) in [5.74, 6) is -0.436. The SMILES string of the molecule is CC1NNCC1S(=O)(=O)N(CCC#N)c1ccc(F)cc1. The highest BCUT2D eigenvalue weighted by molar-refractivity contribution is 7.93. The highest BCUT2D eigenvalue weighted by atomic mass is 32.2. The second-order valence-electron chi connectivity index (χ2n) is 4.85. The first-order chi connectivity index (χ1) is 9.96. The average Bonchev–Trinajstić information content (AvgIpc) is 2.88. The van der Waals surface area contributed by atoms with Gasteiger partial charge in [0, 0.05) is 19.1 Å². The van der Waals surface area contributed by atoms with Gasteiger partial charge in [-0.1, -0.05) is 0 Å². The second-order valence-corrected chi connectivity index (χ2v) is 6.93. The van der Waals surface area contributed by atoms with Gasteiger partial charge in [0.1, 0.15) is 11.1 Å². The van der Waals surface area contributed by atoms with Crippen LogP contribution in [0, 0.1) is 17.1 Å². The number of nitrogens with zero attached hydrogens (tertiary/aromatic N) is 2. The summed E-state index contributed by atoms with van der Waals surface area (Å²) in [7, 11) is -3.65. The number of sulfonamides is 1. The molecule has 1 aromatic rings. The van der Waals surface area contributed by atoms with Crippen molar-refractivity contribution in [1.29, 1.82) is 5.26 Å². The van der Waals surface area contributed by atoms with E-state index in [4.69, 9.17) is 5.26 Å². The summed E-state index contributed by atoms with van der Waals surface area (Å²) in [6.07, 6.45) is 0.0680. The van der Waals surface area contributed by atoms with Crippen LogP contribution in [0.15, 0.2) is 24.3 Å². The Morgan fingerprint density at radius 3 is 2.62 bits per heavy atom. The highest BCUT2D eigenvalue weighted by Gasteiger charge is 2.38. The van der Waals surface area contributed by atoms with Gasteiger partial charge in [0.25, 0.3) is 0 Å². The summed E-state index contributed by atoms with van der Waals surface area (Å²) >= 11 is 0. The smallest absolute Gasteiger partial charge is 0.240 e. The molecule has 2 rings (SSSR count). The summed E-state index contributed by atoms with van der Waals surface area (Å²) in [6.45, 7) is 2.11. The maximum Gasteiger partial charge on any atom is 0.240 e. The molecule has 21 heavy (non-hydrogen) atoms. The topological polar surface area (TPSA) is 85.2 Å². The normalized spacial score (nSPS) is 22.0. The van der Waals surface area contributed by atoms with Crippen molar-refractivity contribution in [1.82, 2.24) is 10.9 Å². The molecular weight excluding hydrogens is 295 g/mol. The Hall–Kier alpha value is -1.69. The lowest BCUT2D eigenvalue weighted by Gasteiger charge is -2.28. The van der Waals surface area contributed by atoms with Crippen LogP contribution in [0.25, 0.3) is 0 Å². The highest BCUT2D eigenvalue weighted by Crippen LogP contribution is 2.23. The second kappa shape index (κ2) is 6.39. The molecule has 0 radical (unpaired) electrons. The van der Waals surface area contributed by atoms with Crippen LogP contribution in [0.4, 0.5) is 10.1 Å². The fourth-order valence-electron chi connectivity index (χ4n) is 2.28. The zero-order valence-corrected chi connectivity index (χ0v) is 12.4. The Kier molecular flexibility index (Phi) is 4.77. The predicted molar refractivity (Wildman–Crippen MR) is 77.3 cm³/mol. The molecule has 1 heterocycles. The molecule has 0 saturated carbocycles. The maximum atomic E-state index is 13.0. The van der Waals surface area contributed by atoms with Crippen molar-refractivity contribution in [2.45, 2.75) is 24.6 Å². The monoisotopic (exact) mass is 312 g/mol. The molecule has 2 atom stereocenters. The number of anilines is 1. The molecule has 2 unspecified atom stereocenters. The van der Waals surface area contributed by atoms with E-state index < -0.39 is 21.1 Å². The Morgan fingerprint density at radius 2 is 2.10 bits per heavy atom. The minimum atomic E-state index is -3.65. The molecule has 1 aromatic carbocycles. The number of hydrogen-bond acceptors (Lipinski definition) is 5. The van der Waals surface area contributed by atoms with Gasteiger partial charge in [-0.2, -0.15) is 5.26 Å². The Balaban J connectivity index is 2.35. The van der Waals surface area contributed by atoms with E-state index in [1.165, 1.54) is 28.6 Å². The van der Waals surface area contributed by atoms with Gasteiger partial charge in [0.2, 0.25) is 10.0 Å². The molecule has 0 aromatic heterocycles. The minimum Gasteiger partial charge on any atom is -0.269 e. The summed E-state index contributed by atoms with van der Waals surface area (Å²) in [6, 6.07) is 6.92. The zero-order valence-electron chi connectivity index (χ0n) is 11.6. The van der Waals surface area contributed by atoms with Crippen molar-refractivity contribution in [2.24, 2.45) is 0 Å². The summed E-state index contributed by atoms with van der Waals surface area (Å²) in [5.41, 5.74) is 6.05. The first-order valence-corrected chi connectivity index (χ1v) is 8.09. The van der Waals surface area contributed by atoms with E-state index in [1.54, 1.807) is 6.92 Å². The van der Waals surface area contributed by atoms with Gasteiger partial charge >= 0.3 is 0 Å². The van der Waals surface area contributed by atoms with Gasteiger partial charge in [-0.15, -0.1) is 0 Å². The fraction of sp³-hybridized carbons (Fsp3) is 0.462. The van der Waals surface area contributed by atoms with E-state index in [0.29, 0.717) is 5.69 Å². The molecule has 0 amide bonds. The van der Waals surface area contributed by atoms with E-state index in [0.717, 1.165) is 0 Å². The molecule has 1 aliphatic heterocycles. The third kappa shape index (κ3) is 3.32. The van der Waals surface area contributed by atoms with Crippen LogP contribution in [0.3, 0.4) is 0 Å². The average molecular weight is 312 g/mol. The van der Waals surface area contributed by atoms with Gasteiger partial charge in [0.15, 0.2) is 0 Å². The third-order valence-electron chi connectivity index (χ3n) is 3.42. The number of benzene rings is 1. The van der Waals surface area contributed by atoms with Crippen LogP contribution in [0.5, 0.6) is 0 Å². The fourth-order valence-corrected chi connectivity index (χ4v) is 4.25. The Bertz CT molecular complexity index is 627. The predicted octanol–water partition coefficient (Wildman–Crippen LogP) is 0.740. The Morgan fingerprint density at radius 1 is 1.43 bits per heavy atom. The van der Waals surface area contributed by atoms with Crippen molar-refractivity contribution < 1.29 is 12.8 Å². The summed E-state index contributed by atoms with van der Waals surface area (Å²) in [5, 5.41) is 8.10. The number of rotatable bonds is 5. The molecule has 0 spiro atoms. The van der Waals surface area contributed by atoms with E-state index in [9.17, 15) is 12.8 Å². The number of nitriles is 1. The summed E-state index contributed by atoms with van der Waals surface area (Å²) in [4.78, 5) is 0. The number of nitrogens with one attached hydrogen (secondary N) is 2. The molecule has 6 nitrogen and oxygen atoms in total. The molecule has 1 aliphatic rings. The van der Waals surface area contributed by atoms with Crippen LogP contribution in [-0.4, -0.2) is 32.8 Å². The molecule has 2 N–H and O–H groups in total. The van der Waals surface area contributed by atoms with Gasteiger partial charge in [-0.05, 0) is 31.2 Å². The van der Waals surface area contributed by atoms with Crippen molar-refractivity contribution in [3.8, 4) is 6.07 Å². The number of hydrazine groups is 1. The van der Waals surface area contributed by atoms with Crippen LogP contribution in [0.1, 0.15) is 13.3 Å². The molecular formula is C13H17FN4O2S. The third-order valence-corrected chi connectivity index (χ3v) is 5.77. The van der Waals surface area contributed by atoms with Crippen molar-refractivity contribution in [3.63, 3.8) is 0 Å². The lowest BCUT2D eigenvalue weighted by molar-refractivity contribution is 0.557. The molecule has 0 aliphatic carbocycles. The maximum absolute atomic E-state index is 13.0. The first kappa shape index (κ1) is 15.7. The largest absolute Gasteiger partial charge is 0.269 e. The zero-order chi connectivity index (χ0) is 15.5. The van der Waals surface area contributed by atoms with Gasteiger partial charge < -0.3 is 0 Å². The van der Waals surface area contributed by atoms with Crippen molar-refractivity contribution in [2.75, 3.05) is 17.4 Å². The van der Waals surface area contributed by atoms with Crippen LogP contribution >= 0.6 is 0 Å². The van der Waals surface area contributed by atoms with E-state index in [1.807, 2.05) is 6.07 Å². The molecule has 1 saturated heterocycles. The van der Waals surface area contributed by atoms with Gasteiger partial charge in [-0.3, -0.25) is 15.2 Å². The molecule has 1 fully saturated rings. The van der Waals surface area contributed by atoms with Crippen molar-refractivity contribution in [3.05, 3.63) is 30.1 Å². The van der Waals surface area contributed by atoms with E-state index >= 15 is 0 Å². The number of halogens is 1. The lowest BCUT2D eigenvalue weighted by Crippen LogP contribution is -2.45. The van der Waals surface area contributed by atoms with Crippen molar-refractivity contribution >= 4 is 15.7 Å². The van der Waals surface area contributed by atoms with Crippen LogP contribution in [0.2, 0.25) is 0 Å². The molecule has 114 valence electrons. The van der Waals surface area contributed by atoms with Gasteiger partial charge in [-0.25, -0.2) is 12.8 Å². The van der Waals surface area contributed by atoms with E-state index in [-0.39, 0.29) is 25.6 Å². The van der Waals surface area contributed by atoms with E-state index in [2.05, 4.69) is 10.9 Å². The number of hydrogen-bond donors (Lipinski definition) is 2. The standard InChI is InChI=1S/C13H17FN4O2S/c1-10-13(9-16-17-10)21(19,20)18(8-2-7-15)12-5-3-11(14)4-6-12/h3-6,10,13,16-17H,2,8-9H2,1H3. The van der Waals surface area contributed by atoms with Gasteiger partial charge in [0.05, 0.1) is 18.2 Å². The quantitative estimate of drug-likeness (QED) is 0.837. The molecule has 8 heteroatoms. The Labute approximate surface area is 123 Å².